The highest BCUT2D eigenvalue weighted by Gasteiger charge is 2.24. The van der Waals surface area contributed by atoms with Gasteiger partial charge in [-0.1, -0.05) is 238 Å². The lowest BCUT2D eigenvalue weighted by atomic mass is 10.0. The first-order valence-electron chi connectivity index (χ1n) is 26.4. The van der Waals surface area contributed by atoms with Crippen LogP contribution in [0.4, 0.5) is 0 Å². The Morgan fingerprint density at radius 1 is 0.475 bits per heavy atom. The third-order valence-corrected chi connectivity index (χ3v) is 12.3. The number of carbonyl (C=O) groups is 2. The molecule has 0 aliphatic carbocycles. The molecule has 6 nitrogen and oxygen atoms in total. The number of aliphatic hydroxyl groups is 2. The van der Waals surface area contributed by atoms with Crippen LogP contribution in [-0.2, 0) is 14.3 Å². The van der Waals surface area contributed by atoms with Crippen LogP contribution in [0.1, 0.15) is 290 Å². The number of allylic oxidation sites excluding steroid dienone is 2. The number of ether oxygens (including phenoxy) is 1. The summed E-state index contributed by atoms with van der Waals surface area (Å²) in [6.45, 7) is 6.49. The van der Waals surface area contributed by atoms with E-state index in [1.54, 1.807) is 0 Å². The van der Waals surface area contributed by atoms with Crippen LogP contribution >= 0.6 is 0 Å². The van der Waals surface area contributed by atoms with Crippen molar-refractivity contribution in [2.75, 3.05) is 6.61 Å². The highest BCUT2D eigenvalue weighted by molar-refractivity contribution is 5.77. The van der Waals surface area contributed by atoms with E-state index in [-0.39, 0.29) is 24.9 Å². The van der Waals surface area contributed by atoms with E-state index >= 15 is 0 Å². The number of hydrogen-bond acceptors (Lipinski definition) is 5. The first-order valence-corrected chi connectivity index (χ1v) is 26.4. The van der Waals surface area contributed by atoms with Crippen LogP contribution in [0.15, 0.2) is 12.2 Å². The minimum Gasteiger partial charge on any atom is -0.462 e. The average molecular weight is 834 g/mol. The van der Waals surface area contributed by atoms with E-state index < -0.39 is 18.2 Å². The summed E-state index contributed by atoms with van der Waals surface area (Å²) >= 11 is 0. The highest BCUT2D eigenvalue weighted by Crippen LogP contribution is 2.18. The Labute approximate surface area is 368 Å². The van der Waals surface area contributed by atoms with Gasteiger partial charge in [-0.05, 0) is 51.4 Å². The first kappa shape index (κ1) is 57.6. The molecular weight excluding hydrogens is 731 g/mol. The van der Waals surface area contributed by atoms with Gasteiger partial charge in [-0.15, -0.1) is 0 Å². The van der Waals surface area contributed by atoms with Gasteiger partial charge in [-0.25, -0.2) is 0 Å². The molecule has 3 atom stereocenters. The number of rotatable bonds is 48. The van der Waals surface area contributed by atoms with Gasteiger partial charge in [-0.2, -0.15) is 0 Å². The predicted octanol–water partition coefficient (Wildman–Crippen LogP) is 15.7. The minimum absolute atomic E-state index is 0.0829. The van der Waals surface area contributed by atoms with E-state index in [4.69, 9.17) is 4.74 Å². The molecule has 0 saturated heterocycles. The topological polar surface area (TPSA) is 95.9 Å². The largest absolute Gasteiger partial charge is 0.462 e. The second-order valence-electron chi connectivity index (χ2n) is 18.3. The summed E-state index contributed by atoms with van der Waals surface area (Å²) in [6, 6.07) is -0.695. The van der Waals surface area contributed by atoms with Gasteiger partial charge in [0.25, 0.3) is 0 Å². The van der Waals surface area contributed by atoms with Crippen molar-refractivity contribution in [2.45, 2.75) is 309 Å². The molecule has 0 aliphatic heterocycles. The van der Waals surface area contributed by atoms with Crippen molar-refractivity contribution in [3.05, 3.63) is 12.2 Å². The zero-order chi connectivity index (χ0) is 43.1. The van der Waals surface area contributed by atoms with Gasteiger partial charge < -0.3 is 20.3 Å². The molecule has 0 radical (unpaired) electrons. The Morgan fingerprint density at radius 3 is 1.20 bits per heavy atom. The van der Waals surface area contributed by atoms with Gasteiger partial charge in [0.2, 0.25) is 5.91 Å². The Kier molecular flexibility index (Phi) is 46.5. The van der Waals surface area contributed by atoms with E-state index in [9.17, 15) is 19.8 Å². The van der Waals surface area contributed by atoms with E-state index in [0.717, 1.165) is 44.9 Å². The quantitative estimate of drug-likeness (QED) is 0.0322. The standard InChI is InChI=1S/C53H103NO5/c1-4-7-10-13-16-19-22-24-25-26-27-28-31-34-37-40-43-46-53(58)59-49(44-41-38-35-32-29-21-18-15-12-9-6-3)47-52(57)54-50(48-55)51(56)45-42-39-36-33-30-23-20-17-14-11-8-5-2/h24-25,49-51,55-56H,4-23,26-48H2,1-3H3,(H,54,57)/b25-24+. The molecule has 0 rings (SSSR count). The lowest BCUT2D eigenvalue weighted by Gasteiger charge is -2.24. The number of nitrogens with one attached hydrogen (secondary N) is 1. The summed E-state index contributed by atoms with van der Waals surface area (Å²) in [5.41, 5.74) is 0. The van der Waals surface area contributed by atoms with E-state index in [0.29, 0.717) is 19.3 Å². The molecule has 3 unspecified atom stereocenters. The van der Waals surface area contributed by atoms with E-state index in [1.807, 2.05) is 0 Å². The van der Waals surface area contributed by atoms with Crippen LogP contribution in [0, 0.1) is 0 Å². The predicted molar refractivity (Wildman–Crippen MR) is 255 cm³/mol. The third kappa shape index (κ3) is 43.1. The molecule has 350 valence electrons. The summed E-state index contributed by atoms with van der Waals surface area (Å²) in [5, 5.41) is 23.7. The molecule has 0 aromatic rings. The van der Waals surface area contributed by atoms with Crippen LogP contribution in [0.3, 0.4) is 0 Å². The van der Waals surface area contributed by atoms with Crippen LogP contribution in [-0.4, -0.2) is 46.9 Å². The molecule has 0 saturated carbocycles. The second kappa shape index (κ2) is 47.6. The van der Waals surface area contributed by atoms with Crippen LogP contribution in [0.2, 0.25) is 0 Å². The second-order valence-corrected chi connectivity index (χ2v) is 18.3. The molecule has 0 heterocycles. The number of amides is 1. The minimum atomic E-state index is -0.781. The molecule has 3 N–H and O–H groups in total. The average Bonchev–Trinajstić information content (AvgIpc) is 3.23. The first-order chi connectivity index (χ1) is 29.0. The maximum Gasteiger partial charge on any atom is 0.306 e. The summed E-state index contributed by atoms with van der Waals surface area (Å²) in [7, 11) is 0. The zero-order valence-corrected chi connectivity index (χ0v) is 39.9. The van der Waals surface area contributed by atoms with Crippen molar-refractivity contribution >= 4 is 11.9 Å². The molecule has 1 amide bonds. The number of carbonyl (C=O) groups excluding carboxylic acids is 2. The Balaban J connectivity index is 4.48. The van der Waals surface area contributed by atoms with E-state index in [2.05, 4.69) is 38.2 Å². The molecular formula is C53H103NO5. The molecule has 0 bridgehead atoms. The summed E-state index contributed by atoms with van der Waals surface area (Å²) < 4.78 is 5.94. The number of hydrogen-bond donors (Lipinski definition) is 3. The van der Waals surface area contributed by atoms with Crippen molar-refractivity contribution in [1.29, 1.82) is 0 Å². The molecule has 59 heavy (non-hydrogen) atoms. The maximum absolute atomic E-state index is 13.2. The lowest BCUT2D eigenvalue weighted by Crippen LogP contribution is -2.46. The van der Waals surface area contributed by atoms with Crippen molar-refractivity contribution in [2.24, 2.45) is 0 Å². The molecule has 0 fully saturated rings. The fraction of sp³-hybridized carbons (Fsp3) is 0.925. The van der Waals surface area contributed by atoms with Crippen molar-refractivity contribution in [1.82, 2.24) is 5.32 Å². The lowest BCUT2D eigenvalue weighted by molar-refractivity contribution is -0.151. The molecule has 6 heteroatoms. The molecule has 0 aromatic heterocycles. The van der Waals surface area contributed by atoms with Gasteiger partial charge in [-0.3, -0.25) is 9.59 Å². The number of esters is 1. The summed E-state index contributed by atoms with van der Waals surface area (Å²) in [4.78, 5) is 26.1. The molecule has 0 aliphatic rings. The molecule has 0 aromatic carbocycles. The van der Waals surface area contributed by atoms with Gasteiger partial charge in [0.05, 0.1) is 25.2 Å². The summed E-state index contributed by atoms with van der Waals surface area (Å²) in [6.07, 6.45) is 52.7. The van der Waals surface area contributed by atoms with Crippen LogP contribution < -0.4 is 5.32 Å². The fourth-order valence-corrected chi connectivity index (χ4v) is 8.31. The normalized spacial score (nSPS) is 13.2. The van der Waals surface area contributed by atoms with E-state index in [1.165, 1.54) is 199 Å². The van der Waals surface area contributed by atoms with Crippen molar-refractivity contribution < 1.29 is 24.5 Å². The van der Waals surface area contributed by atoms with Gasteiger partial charge in [0.1, 0.15) is 6.10 Å². The number of aliphatic hydroxyl groups excluding tert-OH is 2. The smallest absolute Gasteiger partial charge is 0.306 e. The third-order valence-electron chi connectivity index (χ3n) is 12.3. The van der Waals surface area contributed by atoms with Crippen molar-refractivity contribution in [3.63, 3.8) is 0 Å². The molecule has 0 spiro atoms. The fourth-order valence-electron chi connectivity index (χ4n) is 8.31. The monoisotopic (exact) mass is 834 g/mol. The summed E-state index contributed by atoms with van der Waals surface area (Å²) in [5.74, 6) is -0.462. The highest BCUT2D eigenvalue weighted by atomic mass is 16.5. The maximum atomic E-state index is 13.2. The van der Waals surface area contributed by atoms with Crippen molar-refractivity contribution in [3.8, 4) is 0 Å². The SMILES string of the molecule is CCCCCCCC/C=C/CCCCCCCCCC(=O)OC(CCCCCCCCCCCCC)CC(=O)NC(CO)C(O)CCCCCCCCCCCCCC. The zero-order valence-electron chi connectivity index (χ0n) is 39.9. The van der Waals surface area contributed by atoms with Crippen LogP contribution in [0.5, 0.6) is 0 Å². The Bertz CT molecular complexity index is 893. The van der Waals surface area contributed by atoms with Crippen LogP contribution in [0.25, 0.3) is 0 Å². The van der Waals surface area contributed by atoms with Gasteiger partial charge in [0.15, 0.2) is 0 Å². The van der Waals surface area contributed by atoms with Gasteiger partial charge >= 0.3 is 5.97 Å². The van der Waals surface area contributed by atoms with Gasteiger partial charge in [0, 0.05) is 6.42 Å². The Hall–Kier alpha value is -1.40. The number of unbranched alkanes of at least 4 members (excludes halogenated alkanes) is 34. The Morgan fingerprint density at radius 2 is 0.814 bits per heavy atom.